The van der Waals surface area contributed by atoms with E-state index >= 15 is 0 Å². The molecule has 130 valence electrons. The third-order valence-electron chi connectivity index (χ3n) is 3.82. The molecule has 0 aliphatic heterocycles. The molecule has 7 heteroatoms. The van der Waals surface area contributed by atoms with E-state index in [-0.39, 0.29) is 22.6 Å². The molecule has 7 nitrogen and oxygen atoms in total. The van der Waals surface area contributed by atoms with Gasteiger partial charge in [0.2, 0.25) is 0 Å². The topological polar surface area (TPSA) is 95.2 Å². The molecule has 24 heavy (non-hydrogen) atoms. The van der Waals surface area contributed by atoms with Crippen LogP contribution in [0.15, 0.2) is 15.3 Å². The van der Waals surface area contributed by atoms with E-state index in [4.69, 9.17) is 18.6 Å². The lowest BCUT2D eigenvalue weighted by atomic mass is 10.0. The molecule has 0 fully saturated rings. The number of benzene rings is 1. The maximum Gasteiger partial charge on any atom is 0.339 e. The Balaban J connectivity index is 2.47. The van der Waals surface area contributed by atoms with Gasteiger partial charge in [-0.1, -0.05) is 0 Å². The summed E-state index contributed by atoms with van der Waals surface area (Å²) in [6, 6.07) is 1.55. The molecule has 0 spiro atoms. The molecule has 0 atom stereocenters. The molecule has 0 aliphatic carbocycles. The van der Waals surface area contributed by atoms with Gasteiger partial charge in [0.25, 0.3) is 0 Å². The van der Waals surface area contributed by atoms with Crippen LogP contribution in [0.3, 0.4) is 0 Å². The summed E-state index contributed by atoms with van der Waals surface area (Å²) < 4.78 is 20.6. The number of carbonyl (C=O) groups excluding carboxylic acids is 1. The zero-order valence-electron chi connectivity index (χ0n) is 13.9. The lowest BCUT2D eigenvalue weighted by Crippen LogP contribution is -2.14. The van der Waals surface area contributed by atoms with Crippen LogP contribution in [0, 0.1) is 6.92 Å². The lowest BCUT2D eigenvalue weighted by molar-refractivity contribution is 0.0720. The van der Waals surface area contributed by atoms with Crippen molar-refractivity contribution in [2.45, 2.75) is 13.3 Å². The molecular weight excluding hydrogens is 316 g/mol. The number of phenols is 1. The molecule has 2 aromatic rings. The number of carbonyl (C=O) groups is 1. The Kier molecular flexibility index (Phi) is 5.94. The largest absolute Gasteiger partial charge is 0.504 e. The first-order chi connectivity index (χ1) is 11.5. The molecule has 0 saturated carbocycles. The number of aldehydes is 1. The van der Waals surface area contributed by atoms with Crippen LogP contribution >= 0.6 is 0 Å². The average Bonchev–Trinajstić information content (AvgIpc) is 2.57. The maximum atomic E-state index is 12.2. The van der Waals surface area contributed by atoms with Crippen molar-refractivity contribution in [3.8, 4) is 11.5 Å². The van der Waals surface area contributed by atoms with Crippen molar-refractivity contribution in [1.29, 1.82) is 0 Å². The van der Waals surface area contributed by atoms with E-state index in [1.54, 1.807) is 20.1 Å². The van der Waals surface area contributed by atoms with Crippen molar-refractivity contribution in [2.75, 3.05) is 34.0 Å². The summed E-state index contributed by atoms with van der Waals surface area (Å²) >= 11 is 0. The minimum absolute atomic E-state index is 0.0508. The summed E-state index contributed by atoms with van der Waals surface area (Å²) in [6.45, 7) is 3.01. The zero-order valence-corrected chi connectivity index (χ0v) is 13.9. The van der Waals surface area contributed by atoms with Crippen LogP contribution in [-0.2, 0) is 15.9 Å². The molecule has 0 radical (unpaired) electrons. The average molecular weight is 336 g/mol. The van der Waals surface area contributed by atoms with Crippen LogP contribution in [0.1, 0.15) is 21.5 Å². The van der Waals surface area contributed by atoms with Gasteiger partial charge in [0.05, 0.1) is 26.9 Å². The van der Waals surface area contributed by atoms with Crippen LogP contribution < -0.4 is 10.4 Å². The monoisotopic (exact) mass is 336 g/mol. The standard InChI is InChI=1S/C17H20O7/c1-10-11(4-5-23-7-6-21-2)17(20)24-16-12(10)8-14(22-3)15(19)13(16)9-18/h8-9,19H,4-7H2,1-3H3. The summed E-state index contributed by atoms with van der Waals surface area (Å²) in [5, 5.41) is 10.6. The molecule has 0 aliphatic rings. The van der Waals surface area contributed by atoms with E-state index in [0.29, 0.717) is 49.0 Å². The van der Waals surface area contributed by atoms with Gasteiger partial charge in [-0.15, -0.1) is 0 Å². The number of ether oxygens (including phenoxy) is 3. The predicted molar refractivity (Wildman–Crippen MR) is 87.2 cm³/mol. The second-order valence-electron chi connectivity index (χ2n) is 5.18. The van der Waals surface area contributed by atoms with Crippen molar-refractivity contribution < 1.29 is 28.5 Å². The Morgan fingerprint density at radius 1 is 1.25 bits per heavy atom. The second kappa shape index (κ2) is 7.94. The fourth-order valence-corrected chi connectivity index (χ4v) is 2.48. The van der Waals surface area contributed by atoms with E-state index in [2.05, 4.69) is 0 Å². The number of hydrogen-bond acceptors (Lipinski definition) is 7. The van der Waals surface area contributed by atoms with Gasteiger partial charge in [-0.2, -0.15) is 0 Å². The van der Waals surface area contributed by atoms with E-state index in [0.717, 1.165) is 0 Å². The molecule has 1 aromatic carbocycles. The molecule has 1 aromatic heterocycles. The minimum Gasteiger partial charge on any atom is -0.504 e. The van der Waals surface area contributed by atoms with Crippen molar-refractivity contribution in [2.24, 2.45) is 0 Å². The van der Waals surface area contributed by atoms with E-state index in [1.165, 1.54) is 7.11 Å². The molecule has 2 rings (SSSR count). The van der Waals surface area contributed by atoms with Crippen LogP contribution in [0.2, 0.25) is 0 Å². The van der Waals surface area contributed by atoms with Gasteiger partial charge in [-0.25, -0.2) is 4.79 Å². The lowest BCUT2D eigenvalue weighted by Gasteiger charge is -2.12. The maximum absolute atomic E-state index is 12.2. The first-order valence-corrected chi connectivity index (χ1v) is 7.43. The summed E-state index contributed by atoms with van der Waals surface area (Å²) in [5.74, 6) is -0.206. The van der Waals surface area contributed by atoms with Gasteiger partial charge in [-0.3, -0.25) is 4.79 Å². The first kappa shape index (κ1) is 18.0. The van der Waals surface area contributed by atoms with E-state index in [9.17, 15) is 14.7 Å². The number of rotatable bonds is 8. The smallest absolute Gasteiger partial charge is 0.339 e. The van der Waals surface area contributed by atoms with Crippen LogP contribution in [0.4, 0.5) is 0 Å². The van der Waals surface area contributed by atoms with E-state index in [1.807, 2.05) is 0 Å². The van der Waals surface area contributed by atoms with Crippen molar-refractivity contribution in [1.82, 2.24) is 0 Å². The second-order valence-corrected chi connectivity index (χ2v) is 5.18. The zero-order chi connectivity index (χ0) is 17.7. The molecule has 1 heterocycles. The SMILES string of the molecule is COCCOCCc1c(C)c2cc(OC)c(O)c(C=O)c2oc1=O. The summed E-state index contributed by atoms with van der Waals surface area (Å²) in [4.78, 5) is 23.5. The Morgan fingerprint density at radius 2 is 2.00 bits per heavy atom. The first-order valence-electron chi connectivity index (χ1n) is 7.43. The fraction of sp³-hybridized carbons (Fsp3) is 0.412. The van der Waals surface area contributed by atoms with Crippen molar-refractivity contribution in [3.05, 3.63) is 33.2 Å². The highest BCUT2D eigenvalue weighted by Crippen LogP contribution is 2.36. The third kappa shape index (κ3) is 3.42. The summed E-state index contributed by atoms with van der Waals surface area (Å²) in [6.07, 6.45) is 0.809. The van der Waals surface area contributed by atoms with Gasteiger partial charge in [0.1, 0.15) is 5.56 Å². The number of aryl methyl sites for hydroxylation is 1. The third-order valence-corrected chi connectivity index (χ3v) is 3.82. The number of fused-ring (bicyclic) bond motifs is 1. The molecular formula is C17H20O7. The van der Waals surface area contributed by atoms with Gasteiger partial charge in [0, 0.05) is 24.5 Å². The van der Waals surface area contributed by atoms with E-state index < -0.39 is 5.63 Å². The molecule has 0 amide bonds. The molecule has 0 unspecified atom stereocenters. The van der Waals surface area contributed by atoms with Crippen LogP contribution in [0.25, 0.3) is 11.0 Å². The number of hydrogen-bond donors (Lipinski definition) is 1. The molecule has 0 bridgehead atoms. The summed E-state index contributed by atoms with van der Waals surface area (Å²) in [5.41, 5.74) is 0.521. The fourth-order valence-electron chi connectivity index (χ4n) is 2.48. The van der Waals surface area contributed by atoms with Gasteiger partial charge in [-0.05, 0) is 18.6 Å². The Morgan fingerprint density at radius 3 is 2.62 bits per heavy atom. The number of aromatic hydroxyl groups is 1. The van der Waals surface area contributed by atoms with Gasteiger partial charge < -0.3 is 23.7 Å². The highest BCUT2D eigenvalue weighted by atomic mass is 16.5. The van der Waals surface area contributed by atoms with Crippen molar-refractivity contribution >= 4 is 17.3 Å². The predicted octanol–water partition coefficient (Wildman–Crippen LogP) is 1.83. The highest BCUT2D eigenvalue weighted by molar-refractivity contribution is 6.00. The Labute approximate surface area is 138 Å². The number of methoxy groups -OCH3 is 2. The Hall–Kier alpha value is -2.38. The van der Waals surface area contributed by atoms with Crippen molar-refractivity contribution in [3.63, 3.8) is 0 Å². The number of phenolic OH excluding ortho intramolecular Hbond substituents is 1. The minimum atomic E-state index is -0.553. The summed E-state index contributed by atoms with van der Waals surface area (Å²) in [7, 11) is 2.97. The Bertz CT molecular complexity index is 792. The normalized spacial score (nSPS) is 11.0. The highest BCUT2D eigenvalue weighted by Gasteiger charge is 2.19. The van der Waals surface area contributed by atoms with Crippen LogP contribution in [0.5, 0.6) is 11.5 Å². The quantitative estimate of drug-likeness (QED) is 0.446. The molecule has 0 saturated heterocycles. The van der Waals surface area contributed by atoms with Gasteiger partial charge in [0.15, 0.2) is 23.4 Å². The van der Waals surface area contributed by atoms with Crippen LogP contribution in [-0.4, -0.2) is 45.4 Å². The molecule has 1 N–H and O–H groups in total. The van der Waals surface area contributed by atoms with Gasteiger partial charge >= 0.3 is 5.63 Å².